The van der Waals surface area contributed by atoms with Crippen molar-refractivity contribution in [2.45, 2.75) is 361 Å². The van der Waals surface area contributed by atoms with Crippen molar-refractivity contribution < 1.29 is 90.1 Å². The summed E-state index contributed by atoms with van der Waals surface area (Å²) < 4.78 is 70.6. The number of phosphoric acid groups is 2. The highest BCUT2D eigenvalue weighted by atomic mass is 31.2. The molecule has 4 unspecified atom stereocenters. The number of carbonyl (C=O) groups excluding carboxylic acids is 5. The van der Waals surface area contributed by atoms with Crippen molar-refractivity contribution in [2.24, 2.45) is 0 Å². The summed E-state index contributed by atoms with van der Waals surface area (Å²) in [5, 5.41) is 31.7. The predicted molar refractivity (Wildman–Crippen MR) is 398 cm³/mol. The number of ether oxygens (including phenoxy) is 4. The van der Waals surface area contributed by atoms with Crippen molar-refractivity contribution in [1.82, 2.24) is 21.3 Å². The van der Waals surface area contributed by atoms with E-state index in [4.69, 9.17) is 37.0 Å². The minimum absolute atomic E-state index is 0.134. The first-order valence-corrected chi connectivity index (χ1v) is 42.4. The number of amides is 4. The summed E-state index contributed by atoms with van der Waals surface area (Å²) in [7, 11) is -9.57. The van der Waals surface area contributed by atoms with Gasteiger partial charge in [0.2, 0.25) is 11.8 Å². The number of phosphoric ester groups is 2. The molecule has 8 N–H and O–H groups in total. The van der Waals surface area contributed by atoms with Crippen LogP contribution in [0.3, 0.4) is 0 Å². The van der Waals surface area contributed by atoms with E-state index in [1.165, 1.54) is 38.5 Å². The average Bonchev–Trinajstić information content (AvgIpc) is 0.923. The summed E-state index contributed by atoms with van der Waals surface area (Å²) in [5.41, 5.74) is 0. The smallest absolute Gasteiger partial charge is 0.462 e. The summed E-state index contributed by atoms with van der Waals surface area (Å²) in [6.45, 7) is 10.4. The molecular formula is C75H144N4O19P2. The summed E-state index contributed by atoms with van der Waals surface area (Å²) >= 11 is 0. The molecule has 8 atom stereocenters. The summed E-state index contributed by atoms with van der Waals surface area (Å²) in [6.07, 6.45) is 43.7. The lowest BCUT2D eigenvalue weighted by molar-refractivity contribution is -0.152. The maximum atomic E-state index is 13.7. The van der Waals surface area contributed by atoms with Gasteiger partial charge in [-0.3, -0.25) is 37.3 Å². The van der Waals surface area contributed by atoms with Gasteiger partial charge in [-0.15, -0.1) is 0 Å². The van der Waals surface area contributed by atoms with Crippen LogP contribution in [0.15, 0.2) is 24.3 Å². The third-order valence-electron chi connectivity index (χ3n) is 17.0. The lowest BCUT2D eigenvalue weighted by Crippen LogP contribution is -2.43. The van der Waals surface area contributed by atoms with Crippen LogP contribution in [-0.2, 0) is 65.4 Å². The van der Waals surface area contributed by atoms with Crippen LogP contribution in [0.25, 0.3) is 0 Å². The minimum Gasteiger partial charge on any atom is -0.462 e. The second-order valence-electron chi connectivity index (χ2n) is 26.8. The lowest BCUT2D eigenvalue weighted by atomic mass is 10.1. The number of unbranched alkanes of at least 4 members (excludes halogenated alkanes) is 26. The SMILES string of the molecule is CCCCCC/C=C/CCCC(=O)O[C@H](CCCCCCC)CC(=O)NC(COCC[C@H](O)CCCCCCC)COP(=O)(O)OCCNC(=O)NCCOP(=O)(O)OCC(COCC[C@H](O)CCCCCCC)NC(=O)C[C@@H](CCCCCCC)OC(=O)CCC/C=C/CCCCCC. The molecule has 0 radical (unpaired) electrons. The molecule has 0 saturated carbocycles. The number of allylic oxidation sites excluding steroid dienone is 4. The van der Waals surface area contributed by atoms with Crippen molar-refractivity contribution in [3.63, 3.8) is 0 Å². The maximum absolute atomic E-state index is 13.7. The van der Waals surface area contributed by atoms with Gasteiger partial charge in [0.15, 0.2) is 0 Å². The van der Waals surface area contributed by atoms with Crippen molar-refractivity contribution >= 4 is 45.4 Å². The number of esters is 2. The zero-order valence-corrected chi connectivity index (χ0v) is 65.1. The van der Waals surface area contributed by atoms with Gasteiger partial charge in [0.05, 0.1) is 76.8 Å². The average molecular weight is 1470 g/mol. The second kappa shape index (κ2) is 68.8. The topological polar surface area (TPSA) is 322 Å². The molecule has 0 aromatic rings. The highest BCUT2D eigenvalue weighted by Crippen LogP contribution is 2.44. The van der Waals surface area contributed by atoms with Crippen LogP contribution < -0.4 is 21.3 Å². The molecule has 0 bridgehead atoms. The largest absolute Gasteiger partial charge is 0.472 e. The first-order chi connectivity index (χ1) is 48.3. The predicted octanol–water partition coefficient (Wildman–Crippen LogP) is 16.5. The monoisotopic (exact) mass is 1470 g/mol. The minimum atomic E-state index is -4.78. The molecule has 0 fully saturated rings. The van der Waals surface area contributed by atoms with Gasteiger partial charge in [-0.05, 0) is 103 Å². The molecular weight excluding hydrogens is 1320 g/mol. The molecule has 0 spiro atoms. The van der Waals surface area contributed by atoms with Crippen molar-refractivity contribution in [1.29, 1.82) is 0 Å². The van der Waals surface area contributed by atoms with E-state index in [0.29, 0.717) is 51.4 Å². The fraction of sp³-hybridized carbons (Fsp3) is 0.880. The van der Waals surface area contributed by atoms with Crippen molar-refractivity contribution in [3.8, 4) is 0 Å². The van der Waals surface area contributed by atoms with Gasteiger partial charge >= 0.3 is 33.6 Å². The number of aliphatic hydroxyl groups is 2. The number of aliphatic hydroxyl groups excluding tert-OH is 2. The molecule has 588 valence electrons. The van der Waals surface area contributed by atoms with Crippen LogP contribution in [0.1, 0.15) is 324 Å². The zero-order chi connectivity index (χ0) is 73.8. The Hall–Kier alpha value is -3.31. The van der Waals surface area contributed by atoms with Gasteiger partial charge in [0.1, 0.15) is 12.2 Å². The molecule has 4 amide bonds. The Morgan fingerprint density at radius 1 is 0.370 bits per heavy atom. The molecule has 0 saturated heterocycles. The van der Waals surface area contributed by atoms with Crippen molar-refractivity contribution in [3.05, 3.63) is 24.3 Å². The van der Waals surface area contributed by atoms with Gasteiger partial charge in [0.25, 0.3) is 0 Å². The van der Waals surface area contributed by atoms with Crippen LogP contribution in [0, 0.1) is 0 Å². The Labute approximate surface area is 605 Å². The molecule has 0 rings (SSSR count). The Morgan fingerprint density at radius 3 is 1.02 bits per heavy atom. The molecule has 0 heterocycles. The highest BCUT2D eigenvalue weighted by Gasteiger charge is 2.29. The van der Waals surface area contributed by atoms with Crippen LogP contribution in [0.5, 0.6) is 0 Å². The zero-order valence-electron chi connectivity index (χ0n) is 63.3. The Morgan fingerprint density at radius 2 is 0.680 bits per heavy atom. The standard InChI is InChI=1S/C75H144N4O19P2/c1-7-13-19-25-27-29-31-37-43-49-73(84)97-69(47-41-35-23-17-11-5)59-71(82)78-65(61-91-55-51-67(80)45-39-33-21-15-9-3)63-95-99(87,88)93-57-53-76-75(86)77-54-58-94-100(89,90)96-64-66(62-92-56-52-68(81)46-40-34-22-16-10-4)79-72(83)60-70(48-42-36-24-18-12-6)98-74(85)50-44-38-32-30-28-26-20-14-8-2/h29-32,65-70,80-81H,7-28,33-64H2,1-6H3,(H,78,82)(H,79,83)(H,87,88)(H,89,90)(H2,76,77,86)/b31-29+,32-30+/t65?,66?,67-,68-,69-,70-/m1/s1. The van der Waals surface area contributed by atoms with E-state index >= 15 is 0 Å². The summed E-state index contributed by atoms with van der Waals surface area (Å²) in [6, 6.07) is -2.66. The van der Waals surface area contributed by atoms with Gasteiger partial charge in [0, 0.05) is 39.1 Å². The highest BCUT2D eigenvalue weighted by molar-refractivity contribution is 7.47. The quantitative estimate of drug-likeness (QED) is 0.0121. The normalized spacial score (nSPS) is 14.8. The van der Waals surface area contributed by atoms with E-state index in [9.17, 15) is 53.1 Å². The van der Waals surface area contributed by atoms with E-state index in [0.717, 1.165) is 167 Å². The third-order valence-corrected chi connectivity index (χ3v) is 18.9. The summed E-state index contributed by atoms with van der Waals surface area (Å²) in [4.78, 5) is 87.4. The van der Waals surface area contributed by atoms with Crippen LogP contribution in [0.2, 0.25) is 0 Å². The number of hydrogen-bond donors (Lipinski definition) is 8. The fourth-order valence-corrected chi connectivity index (χ4v) is 12.5. The summed E-state index contributed by atoms with van der Waals surface area (Å²) in [5.74, 6) is -1.71. The first-order valence-electron chi connectivity index (χ1n) is 39.4. The number of nitrogens with one attached hydrogen (secondary N) is 4. The first kappa shape index (κ1) is 96.7. The third kappa shape index (κ3) is 65.5. The Bertz CT molecular complexity index is 1990. The number of rotatable bonds is 74. The van der Waals surface area contributed by atoms with Gasteiger partial charge in [-0.25, -0.2) is 13.9 Å². The Kier molecular flexibility index (Phi) is 66.5. The molecule has 0 aromatic carbocycles. The molecule has 23 nitrogen and oxygen atoms in total. The van der Waals surface area contributed by atoms with E-state index < -0.39 is 96.4 Å². The Balaban J connectivity index is 5.68. The second-order valence-corrected chi connectivity index (χ2v) is 29.7. The number of urea groups is 1. The molecule has 0 aliphatic rings. The van der Waals surface area contributed by atoms with Crippen LogP contribution in [0.4, 0.5) is 4.79 Å². The van der Waals surface area contributed by atoms with Crippen molar-refractivity contribution in [2.75, 3.05) is 65.9 Å². The molecule has 25 heteroatoms. The lowest BCUT2D eigenvalue weighted by Gasteiger charge is -2.23. The maximum Gasteiger partial charge on any atom is 0.472 e. The van der Waals surface area contributed by atoms with Crippen LogP contribution >= 0.6 is 15.6 Å². The van der Waals surface area contributed by atoms with Gasteiger partial charge < -0.3 is 60.2 Å². The number of hydrogen-bond acceptors (Lipinski definition) is 17. The van der Waals surface area contributed by atoms with Gasteiger partial charge in [-0.2, -0.15) is 0 Å². The van der Waals surface area contributed by atoms with E-state index in [1.54, 1.807) is 0 Å². The fourth-order valence-electron chi connectivity index (χ4n) is 11.0. The van der Waals surface area contributed by atoms with Gasteiger partial charge in [-0.1, -0.05) is 220 Å². The number of carbonyl (C=O) groups is 5. The molecule has 100 heavy (non-hydrogen) atoms. The van der Waals surface area contributed by atoms with E-state index in [2.05, 4.69) is 87.1 Å². The van der Waals surface area contributed by atoms with E-state index in [-0.39, 0.29) is 77.1 Å². The molecule has 0 aliphatic heterocycles. The molecule has 0 aliphatic carbocycles. The van der Waals surface area contributed by atoms with Crippen LogP contribution in [-0.4, -0.2) is 152 Å². The van der Waals surface area contributed by atoms with E-state index in [1.807, 2.05) is 0 Å². The molecule has 0 aromatic heterocycles.